The fourth-order valence-electron chi connectivity index (χ4n) is 6.25. The van der Waals surface area contributed by atoms with E-state index in [0.717, 1.165) is 34.9 Å². The first kappa shape index (κ1) is 26.1. The zero-order valence-electron chi connectivity index (χ0n) is 22.0. The number of hydrogen-bond acceptors (Lipinski definition) is 5. The summed E-state index contributed by atoms with van der Waals surface area (Å²) < 4.78 is 28.0. The lowest BCUT2D eigenvalue weighted by molar-refractivity contribution is -0.160. The van der Waals surface area contributed by atoms with E-state index in [9.17, 15) is 28.3 Å². The topological polar surface area (TPSA) is 112 Å². The van der Waals surface area contributed by atoms with E-state index in [1.54, 1.807) is 26.1 Å². The third kappa shape index (κ3) is 4.14. The highest BCUT2D eigenvalue weighted by atomic mass is 19.1. The van der Waals surface area contributed by atoms with Crippen LogP contribution in [0.4, 0.5) is 20.3 Å². The highest BCUT2D eigenvalue weighted by Crippen LogP contribution is 2.47. The Morgan fingerprint density at radius 1 is 1.10 bits per heavy atom. The monoisotopic (exact) mass is 546 g/mol. The van der Waals surface area contributed by atoms with Crippen LogP contribution in [0.3, 0.4) is 0 Å². The van der Waals surface area contributed by atoms with Crippen LogP contribution in [0.2, 0.25) is 0 Å². The van der Waals surface area contributed by atoms with E-state index >= 15 is 0 Å². The summed E-state index contributed by atoms with van der Waals surface area (Å²) in [6.07, 6.45) is 1.58. The molecule has 3 N–H and O–H groups in total. The number of hydrogen-bond donors (Lipinski definition) is 3. The lowest BCUT2D eigenvalue weighted by Gasteiger charge is -2.45. The van der Waals surface area contributed by atoms with Gasteiger partial charge < -0.3 is 20.6 Å². The molecule has 8 nitrogen and oxygen atoms in total. The molecule has 1 fully saturated rings. The molecular formula is C30H28F2N4O4. The molecule has 3 amide bonds. The lowest BCUT2D eigenvalue weighted by atomic mass is 9.76. The molecule has 40 heavy (non-hydrogen) atoms. The first-order valence-electron chi connectivity index (χ1n) is 13.1. The molecule has 0 unspecified atom stereocenters. The number of pyridine rings is 1. The van der Waals surface area contributed by atoms with Crippen molar-refractivity contribution < 1.29 is 28.3 Å². The largest absolute Gasteiger partial charge is 0.392 e. The van der Waals surface area contributed by atoms with E-state index in [1.165, 1.54) is 4.90 Å². The van der Waals surface area contributed by atoms with Gasteiger partial charge in [0.15, 0.2) is 0 Å². The molecule has 2 aliphatic heterocycles. The van der Waals surface area contributed by atoms with Gasteiger partial charge in [0.2, 0.25) is 17.7 Å². The third-order valence-electron chi connectivity index (χ3n) is 8.52. The van der Waals surface area contributed by atoms with Crippen LogP contribution in [-0.4, -0.2) is 45.4 Å². The zero-order chi connectivity index (χ0) is 28.4. The van der Waals surface area contributed by atoms with Gasteiger partial charge in [-0.1, -0.05) is 12.1 Å². The number of halogens is 2. The summed E-state index contributed by atoms with van der Waals surface area (Å²) in [5.41, 5.74) is 1.53. The van der Waals surface area contributed by atoms with E-state index < -0.39 is 46.4 Å². The molecule has 10 heteroatoms. The SMILES string of the molecule is CC1(C)C(=O)N(CC(=O)Nc2ccc3c(c2)C[C@@]2(C3)C(=O)Nc3ncccc32)[C@@H](c2cc(F)cc(F)c2)C[C@@H]1O. The Bertz CT molecular complexity index is 1550. The van der Waals surface area contributed by atoms with Crippen LogP contribution in [0.15, 0.2) is 54.7 Å². The molecule has 1 saturated heterocycles. The molecule has 3 aliphatic rings. The maximum Gasteiger partial charge on any atom is 0.244 e. The van der Waals surface area contributed by atoms with Gasteiger partial charge in [0.1, 0.15) is 24.0 Å². The second kappa shape index (κ2) is 9.19. The number of nitrogens with one attached hydrogen (secondary N) is 2. The van der Waals surface area contributed by atoms with Gasteiger partial charge in [-0.15, -0.1) is 0 Å². The zero-order valence-corrected chi connectivity index (χ0v) is 22.0. The summed E-state index contributed by atoms with van der Waals surface area (Å²) in [5, 5.41) is 16.4. The van der Waals surface area contributed by atoms with Crippen molar-refractivity contribution in [2.45, 2.75) is 50.7 Å². The molecule has 3 heterocycles. The molecule has 6 rings (SSSR count). The number of fused-ring (bicyclic) bond motifs is 3. The maximum absolute atomic E-state index is 14.0. The number of aliphatic hydroxyl groups excluding tert-OH is 1. The maximum atomic E-state index is 14.0. The Kier molecular flexibility index (Phi) is 5.99. The van der Waals surface area contributed by atoms with Gasteiger partial charge in [-0.25, -0.2) is 13.8 Å². The Labute approximate surface area is 229 Å². The lowest BCUT2D eigenvalue weighted by Crippen LogP contribution is -2.56. The number of anilines is 2. The van der Waals surface area contributed by atoms with Gasteiger partial charge in [0.25, 0.3) is 0 Å². The molecule has 0 bridgehead atoms. The quantitative estimate of drug-likeness (QED) is 0.463. The number of benzene rings is 2. The smallest absolute Gasteiger partial charge is 0.244 e. The highest BCUT2D eigenvalue weighted by molar-refractivity contribution is 6.06. The number of piperidine rings is 1. The Balaban J connectivity index is 1.23. The van der Waals surface area contributed by atoms with Crippen molar-refractivity contribution >= 4 is 29.2 Å². The molecule has 0 radical (unpaired) electrons. The van der Waals surface area contributed by atoms with Gasteiger partial charge in [-0.2, -0.15) is 0 Å². The number of rotatable bonds is 4. The molecule has 206 valence electrons. The van der Waals surface area contributed by atoms with Crippen molar-refractivity contribution in [2.24, 2.45) is 5.41 Å². The van der Waals surface area contributed by atoms with Crippen LogP contribution >= 0.6 is 0 Å². The van der Waals surface area contributed by atoms with Crippen LogP contribution in [0.5, 0.6) is 0 Å². The summed E-state index contributed by atoms with van der Waals surface area (Å²) in [5.74, 6) is -2.14. The number of aliphatic hydroxyl groups is 1. The molecule has 3 atom stereocenters. The van der Waals surface area contributed by atoms with Crippen molar-refractivity contribution in [3.63, 3.8) is 0 Å². The van der Waals surface area contributed by atoms with E-state index in [4.69, 9.17) is 0 Å². The van der Waals surface area contributed by atoms with Gasteiger partial charge in [-0.3, -0.25) is 14.4 Å². The van der Waals surface area contributed by atoms with Crippen LogP contribution in [-0.2, 0) is 32.6 Å². The van der Waals surface area contributed by atoms with Crippen LogP contribution in [0.1, 0.15) is 48.6 Å². The number of amides is 3. The van der Waals surface area contributed by atoms with Crippen molar-refractivity contribution in [1.82, 2.24) is 9.88 Å². The van der Waals surface area contributed by atoms with Gasteiger partial charge in [-0.05, 0) is 80.1 Å². The number of carbonyl (C=O) groups excluding carboxylic acids is 3. The first-order chi connectivity index (χ1) is 19.0. The fraction of sp³-hybridized carbons (Fsp3) is 0.333. The summed E-state index contributed by atoms with van der Waals surface area (Å²) in [4.78, 5) is 45.1. The molecular weight excluding hydrogens is 518 g/mol. The minimum absolute atomic E-state index is 0.0221. The van der Waals surface area contributed by atoms with Gasteiger partial charge in [0, 0.05) is 23.5 Å². The molecule has 0 saturated carbocycles. The second-order valence-corrected chi connectivity index (χ2v) is 11.4. The molecule has 3 aromatic rings. The Morgan fingerprint density at radius 3 is 2.58 bits per heavy atom. The summed E-state index contributed by atoms with van der Waals surface area (Å²) in [6, 6.07) is 11.2. The fourth-order valence-corrected chi connectivity index (χ4v) is 6.25. The van der Waals surface area contributed by atoms with Crippen molar-refractivity contribution in [3.05, 3.63) is 88.6 Å². The van der Waals surface area contributed by atoms with Crippen molar-refractivity contribution in [3.8, 4) is 0 Å². The third-order valence-corrected chi connectivity index (χ3v) is 8.52. The van der Waals surface area contributed by atoms with Crippen molar-refractivity contribution in [2.75, 3.05) is 17.2 Å². The summed E-state index contributed by atoms with van der Waals surface area (Å²) in [6.45, 7) is 2.78. The minimum Gasteiger partial charge on any atom is -0.392 e. The molecule has 1 aromatic heterocycles. The van der Waals surface area contributed by atoms with Crippen LogP contribution in [0.25, 0.3) is 0 Å². The molecule has 2 aromatic carbocycles. The number of aromatic nitrogens is 1. The van der Waals surface area contributed by atoms with Crippen molar-refractivity contribution in [1.29, 1.82) is 0 Å². The number of nitrogens with zero attached hydrogens (tertiary/aromatic N) is 2. The average molecular weight is 547 g/mol. The minimum atomic E-state index is -1.18. The molecule has 1 spiro atoms. The normalized spacial score (nSPS) is 24.6. The number of carbonyl (C=O) groups is 3. The van der Waals surface area contributed by atoms with E-state index in [0.29, 0.717) is 24.3 Å². The van der Waals surface area contributed by atoms with Crippen LogP contribution < -0.4 is 10.6 Å². The van der Waals surface area contributed by atoms with Gasteiger partial charge in [0.05, 0.1) is 23.0 Å². The summed E-state index contributed by atoms with van der Waals surface area (Å²) >= 11 is 0. The van der Waals surface area contributed by atoms with Gasteiger partial charge >= 0.3 is 0 Å². The van der Waals surface area contributed by atoms with Crippen LogP contribution in [0, 0.1) is 17.0 Å². The molecule has 1 aliphatic carbocycles. The Hall–Kier alpha value is -4.18. The summed E-state index contributed by atoms with van der Waals surface area (Å²) in [7, 11) is 0. The predicted molar refractivity (Wildman–Crippen MR) is 142 cm³/mol. The highest BCUT2D eigenvalue weighted by Gasteiger charge is 2.51. The first-order valence-corrected chi connectivity index (χ1v) is 13.1. The van der Waals surface area contributed by atoms with E-state index in [2.05, 4.69) is 15.6 Å². The standard InChI is InChI=1S/C30H28F2N4O4/c1-29(2)24(37)12-23(17-8-19(31)11-20(32)9-17)36(28(29)40)15-25(38)34-21-6-5-16-13-30(14-18(16)10-21)22-4-3-7-33-26(22)35-27(30)39/h3-11,23-24,37H,12-15H2,1-2H3,(H,34,38)(H,33,35,39)/t23-,24+,30-/m1/s1. The van der Waals surface area contributed by atoms with E-state index in [1.807, 2.05) is 24.3 Å². The Morgan fingerprint density at radius 2 is 1.82 bits per heavy atom. The number of likely N-dealkylation sites (tertiary alicyclic amines) is 1. The average Bonchev–Trinajstić information content (AvgIpc) is 3.41. The van der Waals surface area contributed by atoms with E-state index in [-0.39, 0.29) is 24.4 Å². The second-order valence-electron chi connectivity index (χ2n) is 11.4. The predicted octanol–water partition coefficient (Wildman–Crippen LogP) is 3.65.